The minimum absolute atomic E-state index is 0.200. The summed E-state index contributed by atoms with van der Waals surface area (Å²) >= 11 is 1.53. The van der Waals surface area contributed by atoms with Crippen molar-refractivity contribution in [2.45, 2.75) is 6.92 Å². The van der Waals surface area contributed by atoms with Gasteiger partial charge in [-0.2, -0.15) is 5.10 Å². The van der Waals surface area contributed by atoms with Gasteiger partial charge in [0.1, 0.15) is 11.5 Å². The molecule has 2 aromatic rings. The van der Waals surface area contributed by atoms with Gasteiger partial charge in [-0.3, -0.25) is 9.59 Å². The zero-order valence-corrected chi connectivity index (χ0v) is 15.0. The first-order valence-electron chi connectivity index (χ1n) is 7.41. The lowest BCUT2D eigenvalue weighted by Crippen LogP contribution is -2.35. The van der Waals surface area contributed by atoms with E-state index in [0.717, 1.165) is 10.4 Å². The summed E-state index contributed by atoms with van der Waals surface area (Å²) in [5.41, 5.74) is 3.77. The Hall–Kier alpha value is -2.87. The van der Waals surface area contributed by atoms with Gasteiger partial charge in [-0.15, -0.1) is 11.3 Å². The number of hydrogen-bond acceptors (Lipinski definition) is 6. The summed E-state index contributed by atoms with van der Waals surface area (Å²) in [7, 11) is 2.98. The van der Waals surface area contributed by atoms with E-state index in [4.69, 9.17) is 9.47 Å². The van der Waals surface area contributed by atoms with Gasteiger partial charge in [0.15, 0.2) is 0 Å². The van der Waals surface area contributed by atoms with Crippen molar-refractivity contribution in [2.24, 2.45) is 5.10 Å². The molecule has 0 aliphatic heterocycles. The highest BCUT2D eigenvalue weighted by atomic mass is 32.1. The summed E-state index contributed by atoms with van der Waals surface area (Å²) in [6, 6.07) is 6.78. The molecule has 2 N–H and O–H groups in total. The van der Waals surface area contributed by atoms with Crippen LogP contribution in [0.15, 0.2) is 34.7 Å². The monoisotopic (exact) mass is 361 g/mol. The van der Waals surface area contributed by atoms with Gasteiger partial charge in [0.2, 0.25) is 0 Å². The van der Waals surface area contributed by atoms with Crippen LogP contribution >= 0.6 is 11.3 Å². The summed E-state index contributed by atoms with van der Waals surface area (Å²) < 4.78 is 10.3. The highest BCUT2D eigenvalue weighted by Crippen LogP contribution is 2.24. The average molecular weight is 361 g/mol. The standard InChI is InChI=1S/C17H19N3O4S/c1-11-6-7-25-15(11)9-19-20-16(21)10-18-17(22)13-5-4-12(23-2)8-14(13)24-3/h4-9H,10H2,1-3H3,(H,18,22)(H,20,21)/b19-9+. The zero-order chi connectivity index (χ0) is 18.2. The van der Waals surface area contributed by atoms with E-state index < -0.39 is 11.8 Å². The molecular weight excluding hydrogens is 342 g/mol. The van der Waals surface area contributed by atoms with Crippen molar-refractivity contribution in [3.8, 4) is 11.5 Å². The van der Waals surface area contributed by atoms with Crippen LogP contribution in [0.4, 0.5) is 0 Å². The molecule has 0 aliphatic carbocycles. The Kier molecular flexibility index (Phi) is 6.53. The molecule has 0 unspecified atom stereocenters. The maximum Gasteiger partial charge on any atom is 0.259 e. The Morgan fingerprint density at radius 3 is 2.68 bits per heavy atom. The lowest BCUT2D eigenvalue weighted by molar-refractivity contribution is -0.120. The van der Waals surface area contributed by atoms with Gasteiger partial charge in [-0.05, 0) is 36.1 Å². The van der Waals surface area contributed by atoms with Crippen molar-refractivity contribution in [1.29, 1.82) is 0 Å². The predicted molar refractivity (Wildman–Crippen MR) is 96.7 cm³/mol. The third-order valence-corrected chi connectivity index (χ3v) is 4.29. The Balaban J connectivity index is 1.88. The van der Waals surface area contributed by atoms with Gasteiger partial charge in [-0.1, -0.05) is 0 Å². The Morgan fingerprint density at radius 1 is 1.24 bits per heavy atom. The van der Waals surface area contributed by atoms with Gasteiger partial charge in [-0.25, -0.2) is 5.43 Å². The van der Waals surface area contributed by atoms with Crippen LogP contribution < -0.4 is 20.2 Å². The van der Waals surface area contributed by atoms with Gasteiger partial charge < -0.3 is 14.8 Å². The summed E-state index contributed by atoms with van der Waals surface area (Å²) in [4.78, 5) is 24.9. The number of aryl methyl sites for hydroxylation is 1. The number of hydrogen-bond donors (Lipinski definition) is 2. The molecule has 1 aromatic carbocycles. The van der Waals surface area contributed by atoms with E-state index in [-0.39, 0.29) is 6.54 Å². The molecule has 0 spiro atoms. The van der Waals surface area contributed by atoms with E-state index in [1.807, 2.05) is 18.4 Å². The number of hydrazone groups is 1. The van der Waals surface area contributed by atoms with Crippen LogP contribution in [0.5, 0.6) is 11.5 Å². The fourth-order valence-electron chi connectivity index (χ4n) is 1.96. The molecule has 25 heavy (non-hydrogen) atoms. The number of ether oxygens (including phenoxy) is 2. The lowest BCUT2D eigenvalue weighted by atomic mass is 10.1. The fraction of sp³-hybridized carbons (Fsp3) is 0.235. The predicted octanol–water partition coefficient (Wildman–Crippen LogP) is 1.95. The van der Waals surface area contributed by atoms with Crippen LogP contribution in [-0.4, -0.2) is 38.8 Å². The van der Waals surface area contributed by atoms with Crippen molar-refractivity contribution in [3.63, 3.8) is 0 Å². The number of carbonyl (C=O) groups is 2. The first-order valence-corrected chi connectivity index (χ1v) is 8.29. The third-order valence-electron chi connectivity index (χ3n) is 3.34. The summed E-state index contributed by atoms with van der Waals surface area (Å²) in [6.07, 6.45) is 1.58. The van der Waals surface area contributed by atoms with Gasteiger partial charge in [0, 0.05) is 10.9 Å². The molecule has 1 heterocycles. The molecule has 0 fully saturated rings. The molecule has 0 radical (unpaired) electrons. The molecule has 2 rings (SSSR count). The van der Waals surface area contributed by atoms with E-state index in [2.05, 4.69) is 15.8 Å². The number of benzene rings is 1. The molecule has 0 atom stereocenters. The molecule has 8 heteroatoms. The van der Waals surface area contributed by atoms with Gasteiger partial charge in [0.05, 0.1) is 32.5 Å². The van der Waals surface area contributed by atoms with E-state index in [1.54, 1.807) is 24.4 Å². The molecule has 2 amide bonds. The van der Waals surface area contributed by atoms with E-state index in [1.165, 1.54) is 25.6 Å². The second-order valence-corrected chi connectivity index (χ2v) is 5.96. The summed E-state index contributed by atoms with van der Waals surface area (Å²) in [6.45, 7) is 1.76. The third kappa shape index (κ3) is 5.05. The average Bonchev–Trinajstić information content (AvgIpc) is 3.04. The number of carbonyl (C=O) groups excluding carboxylic acids is 2. The number of nitrogens with one attached hydrogen (secondary N) is 2. The Bertz CT molecular complexity index is 786. The van der Waals surface area contributed by atoms with E-state index in [9.17, 15) is 9.59 Å². The highest BCUT2D eigenvalue weighted by Gasteiger charge is 2.14. The van der Waals surface area contributed by atoms with Crippen molar-refractivity contribution in [2.75, 3.05) is 20.8 Å². The molecular formula is C17H19N3O4S. The van der Waals surface area contributed by atoms with E-state index in [0.29, 0.717) is 17.1 Å². The maximum atomic E-state index is 12.2. The van der Waals surface area contributed by atoms with E-state index >= 15 is 0 Å². The first kappa shape index (κ1) is 18.5. The largest absolute Gasteiger partial charge is 0.497 e. The van der Waals surface area contributed by atoms with Gasteiger partial charge in [0.25, 0.3) is 11.8 Å². The van der Waals surface area contributed by atoms with Crippen molar-refractivity contribution in [1.82, 2.24) is 10.7 Å². The van der Waals surface area contributed by atoms with Crippen LogP contribution in [0, 0.1) is 6.92 Å². The minimum Gasteiger partial charge on any atom is -0.497 e. The zero-order valence-electron chi connectivity index (χ0n) is 14.2. The first-order chi connectivity index (χ1) is 12.0. The molecule has 7 nitrogen and oxygen atoms in total. The summed E-state index contributed by atoms with van der Waals surface area (Å²) in [5.74, 6) is 0.0896. The van der Waals surface area contributed by atoms with Crippen LogP contribution in [0.1, 0.15) is 20.8 Å². The van der Waals surface area contributed by atoms with Crippen LogP contribution in [0.3, 0.4) is 0 Å². The quantitative estimate of drug-likeness (QED) is 0.583. The SMILES string of the molecule is COc1ccc(C(=O)NCC(=O)N/N=C/c2sccc2C)c(OC)c1. The number of thiophene rings is 1. The molecule has 0 saturated heterocycles. The number of amides is 2. The molecule has 0 saturated carbocycles. The number of methoxy groups -OCH3 is 2. The highest BCUT2D eigenvalue weighted by molar-refractivity contribution is 7.11. The second kappa shape index (κ2) is 8.84. The van der Waals surface area contributed by atoms with Crippen molar-refractivity contribution in [3.05, 3.63) is 45.6 Å². The second-order valence-electron chi connectivity index (χ2n) is 5.01. The normalized spacial score (nSPS) is 10.5. The number of rotatable bonds is 7. The molecule has 1 aromatic heterocycles. The topological polar surface area (TPSA) is 89.0 Å². The molecule has 132 valence electrons. The smallest absolute Gasteiger partial charge is 0.259 e. The Morgan fingerprint density at radius 2 is 2.04 bits per heavy atom. The molecule has 0 aliphatic rings. The maximum absolute atomic E-state index is 12.2. The van der Waals surface area contributed by atoms with Crippen LogP contribution in [0.25, 0.3) is 0 Å². The van der Waals surface area contributed by atoms with Crippen molar-refractivity contribution >= 4 is 29.4 Å². The lowest BCUT2D eigenvalue weighted by Gasteiger charge is -2.10. The molecule has 0 bridgehead atoms. The Labute approximate surface area is 149 Å². The van der Waals surface area contributed by atoms with Crippen LogP contribution in [0.2, 0.25) is 0 Å². The van der Waals surface area contributed by atoms with Crippen molar-refractivity contribution < 1.29 is 19.1 Å². The van der Waals surface area contributed by atoms with Gasteiger partial charge >= 0.3 is 0 Å². The van der Waals surface area contributed by atoms with Crippen LogP contribution in [-0.2, 0) is 4.79 Å². The number of nitrogens with zero attached hydrogens (tertiary/aromatic N) is 1. The summed E-state index contributed by atoms with van der Waals surface area (Å²) in [5, 5.41) is 8.34. The minimum atomic E-state index is -0.425. The fourth-order valence-corrected chi connectivity index (χ4v) is 2.75.